The first-order valence-electron chi connectivity index (χ1n) is 4.98. The first kappa shape index (κ1) is 11.2. The highest BCUT2D eigenvalue weighted by atomic mass is 35.5. The molecule has 0 aliphatic carbocycles. The van der Waals surface area contributed by atoms with Crippen LogP contribution in [-0.4, -0.2) is 17.7 Å². The third-order valence-corrected chi connectivity index (χ3v) is 2.92. The molecule has 5 heteroatoms. The zero-order valence-electron chi connectivity index (χ0n) is 8.43. The summed E-state index contributed by atoms with van der Waals surface area (Å²) in [6.45, 7) is 0.440. The monoisotopic (exact) mass is 244 g/mol. The Morgan fingerprint density at radius 2 is 2.25 bits per heavy atom. The second-order valence-corrected chi connectivity index (χ2v) is 4.02. The molecule has 16 heavy (non-hydrogen) atoms. The van der Waals surface area contributed by atoms with Crippen molar-refractivity contribution < 1.29 is 19.0 Å². The normalized spacial score (nSPS) is 14.9. The third-order valence-electron chi connectivity index (χ3n) is 2.55. The third kappa shape index (κ3) is 1.85. The number of carboxylic acids is 1. The van der Waals surface area contributed by atoms with Gasteiger partial charge in [0, 0.05) is 0 Å². The fourth-order valence-electron chi connectivity index (χ4n) is 1.79. The van der Waals surface area contributed by atoms with Crippen LogP contribution in [0.15, 0.2) is 6.07 Å². The van der Waals surface area contributed by atoms with Crippen molar-refractivity contribution in [1.82, 2.24) is 0 Å². The lowest BCUT2D eigenvalue weighted by Crippen LogP contribution is -2.07. The van der Waals surface area contributed by atoms with Crippen LogP contribution in [0.1, 0.15) is 28.8 Å². The molecular weight excluding hydrogens is 235 g/mol. The highest BCUT2D eigenvalue weighted by Gasteiger charge is 2.24. The van der Waals surface area contributed by atoms with E-state index in [9.17, 15) is 9.18 Å². The summed E-state index contributed by atoms with van der Waals surface area (Å²) in [5.74, 6) is -1.75. The van der Waals surface area contributed by atoms with Crippen LogP contribution in [-0.2, 0) is 6.42 Å². The Balaban J connectivity index is 2.65. The smallest absolute Gasteiger partial charge is 0.341 e. The molecule has 1 aromatic carbocycles. The van der Waals surface area contributed by atoms with Crippen molar-refractivity contribution in [3.8, 4) is 5.75 Å². The molecule has 1 aliphatic heterocycles. The number of halogens is 2. The van der Waals surface area contributed by atoms with Crippen LogP contribution in [0.4, 0.5) is 4.39 Å². The number of rotatable bonds is 1. The quantitative estimate of drug-likeness (QED) is 0.826. The molecule has 0 fully saturated rings. The van der Waals surface area contributed by atoms with E-state index in [0.29, 0.717) is 18.6 Å². The lowest BCUT2D eigenvalue weighted by molar-refractivity contribution is 0.0692. The molecule has 0 atom stereocenters. The Labute approximate surface area is 96.8 Å². The SMILES string of the molecule is O=C(O)c1c(Cl)c(F)cc2c1OCCCC2. The molecule has 1 aliphatic rings. The summed E-state index contributed by atoms with van der Waals surface area (Å²) >= 11 is 5.64. The summed E-state index contributed by atoms with van der Waals surface area (Å²) < 4.78 is 18.8. The number of hydrogen-bond donors (Lipinski definition) is 1. The van der Waals surface area contributed by atoms with Crippen molar-refractivity contribution >= 4 is 17.6 Å². The predicted octanol–water partition coefficient (Wildman–Crippen LogP) is 2.89. The van der Waals surface area contributed by atoms with E-state index in [4.69, 9.17) is 21.4 Å². The van der Waals surface area contributed by atoms with Crippen molar-refractivity contribution in [1.29, 1.82) is 0 Å². The molecule has 0 aromatic heterocycles. The molecule has 0 unspecified atom stereocenters. The molecule has 0 saturated carbocycles. The zero-order valence-corrected chi connectivity index (χ0v) is 9.18. The Bertz CT molecular complexity index is 445. The van der Waals surface area contributed by atoms with Crippen molar-refractivity contribution in [3.05, 3.63) is 28.0 Å². The molecule has 1 heterocycles. The largest absolute Gasteiger partial charge is 0.492 e. The Morgan fingerprint density at radius 1 is 1.50 bits per heavy atom. The van der Waals surface area contributed by atoms with Gasteiger partial charge in [-0.2, -0.15) is 0 Å². The molecule has 2 rings (SSSR count). The van der Waals surface area contributed by atoms with Crippen LogP contribution in [0, 0.1) is 5.82 Å². The molecule has 1 aromatic rings. The fraction of sp³-hybridized carbons (Fsp3) is 0.364. The highest BCUT2D eigenvalue weighted by Crippen LogP contribution is 2.35. The topological polar surface area (TPSA) is 46.5 Å². The number of ether oxygens (including phenoxy) is 1. The van der Waals surface area contributed by atoms with Gasteiger partial charge in [-0.05, 0) is 30.9 Å². The first-order chi connectivity index (χ1) is 7.61. The van der Waals surface area contributed by atoms with Gasteiger partial charge >= 0.3 is 5.97 Å². The van der Waals surface area contributed by atoms with Crippen molar-refractivity contribution in [2.75, 3.05) is 6.61 Å². The van der Waals surface area contributed by atoms with Gasteiger partial charge in [-0.3, -0.25) is 0 Å². The van der Waals surface area contributed by atoms with Gasteiger partial charge in [-0.25, -0.2) is 9.18 Å². The van der Waals surface area contributed by atoms with Crippen molar-refractivity contribution in [2.24, 2.45) is 0 Å². The van der Waals surface area contributed by atoms with Crippen LogP contribution in [0.2, 0.25) is 5.02 Å². The van der Waals surface area contributed by atoms with Crippen molar-refractivity contribution in [2.45, 2.75) is 19.3 Å². The molecular formula is C11H10ClFO3. The second kappa shape index (κ2) is 4.29. The Kier molecular flexibility index (Phi) is 3.01. The van der Waals surface area contributed by atoms with E-state index in [-0.39, 0.29) is 16.3 Å². The number of fused-ring (bicyclic) bond motifs is 1. The maximum absolute atomic E-state index is 13.4. The zero-order chi connectivity index (χ0) is 11.7. The summed E-state index contributed by atoms with van der Waals surface area (Å²) in [6, 6.07) is 1.26. The van der Waals surface area contributed by atoms with E-state index in [2.05, 4.69) is 0 Å². The molecule has 0 radical (unpaired) electrons. The first-order valence-corrected chi connectivity index (χ1v) is 5.36. The van der Waals surface area contributed by atoms with E-state index in [1.807, 2.05) is 0 Å². The minimum Gasteiger partial charge on any atom is -0.492 e. The second-order valence-electron chi connectivity index (χ2n) is 3.65. The highest BCUT2D eigenvalue weighted by molar-refractivity contribution is 6.34. The average molecular weight is 245 g/mol. The van der Waals surface area contributed by atoms with Gasteiger partial charge in [0.05, 0.1) is 11.6 Å². The van der Waals surface area contributed by atoms with Crippen LogP contribution in [0.25, 0.3) is 0 Å². The number of aryl methyl sites for hydroxylation is 1. The van der Waals surface area contributed by atoms with E-state index >= 15 is 0 Å². The van der Waals surface area contributed by atoms with Gasteiger partial charge < -0.3 is 9.84 Å². The predicted molar refractivity (Wildman–Crippen MR) is 56.8 cm³/mol. The summed E-state index contributed by atoms with van der Waals surface area (Å²) in [7, 11) is 0. The Morgan fingerprint density at radius 3 is 2.94 bits per heavy atom. The van der Waals surface area contributed by atoms with E-state index in [0.717, 1.165) is 12.8 Å². The maximum Gasteiger partial charge on any atom is 0.341 e. The minimum absolute atomic E-state index is 0.219. The number of hydrogen-bond acceptors (Lipinski definition) is 2. The van der Waals surface area contributed by atoms with Crippen molar-refractivity contribution in [3.63, 3.8) is 0 Å². The van der Waals surface area contributed by atoms with E-state index < -0.39 is 11.8 Å². The summed E-state index contributed by atoms with van der Waals surface area (Å²) in [5, 5.41) is 8.63. The summed E-state index contributed by atoms with van der Waals surface area (Å²) in [5.41, 5.74) is 0.315. The molecule has 0 saturated heterocycles. The number of benzene rings is 1. The van der Waals surface area contributed by atoms with Gasteiger partial charge in [0.2, 0.25) is 0 Å². The molecule has 0 amide bonds. The Hall–Kier alpha value is -1.29. The van der Waals surface area contributed by atoms with Gasteiger partial charge in [-0.1, -0.05) is 11.6 Å². The number of carbonyl (C=O) groups is 1. The lowest BCUT2D eigenvalue weighted by atomic mass is 10.0. The summed E-state index contributed by atoms with van der Waals surface area (Å²) in [6.07, 6.45) is 2.30. The summed E-state index contributed by atoms with van der Waals surface area (Å²) in [4.78, 5) is 11.0. The van der Waals surface area contributed by atoms with Crippen LogP contribution >= 0.6 is 11.6 Å². The van der Waals surface area contributed by atoms with Crippen LogP contribution in [0.3, 0.4) is 0 Å². The average Bonchev–Trinajstić information content (AvgIpc) is 2.44. The lowest BCUT2D eigenvalue weighted by Gasteiger charge is -2.12. The van der Waals surface area contributed by atoms with Crippen LogP contribution < -0.4 is 4.74 Å². The standard InChI is InChI=1S/C11H10ClFO3/c12-9-7(13)5-6-3-1-2-4-16-10(6)8(9)11(14)15/h5H,1-4H2,(H,14,15). The molecule has 1 N–H and O–H groups in total. The molecule has 86 valence electrons. The van der Waals surface area contributed by atoms with Gasteiger partial charge in [0.25, 0.3) is 0 Å². The van der Waals surface area contributed by atoms with Gasteiger partial charge in [0.15, 0.2) is 0 Å². The molecule has 0 spiro atoms. The number of carboxylic acid groups (broad SMARTS) is 1. The van der Waals surface area contributed by atoms with Gasteiger partial charge in [0.1, 0.15) is 17.1 Å². The van der Waals surface area contributed by atoms with E-state index in [1.54, 1.807) is 0 Å². The van der Waals surface area contributed by atoms with E-state index in [1.165, 1.54) is 6.07 Å². The molecule has 3 nitrogen and oxygen atoms in total. The minimum atomic E-state index is -1.26. The van der Waals surface area contributed by atoms with Gasteiger partial charge in [-0.15, -0.1) is 0 Å². The van der Waals surface area contributed by atoms with Crippen LogP contribution in [0.5, 0.6) is 5.75 Å². The fourth-order valence-corrected chi connectivity index (χ4v) is 2.02. The molecule has 0 bridgehead atoms. The maximum atomic E-state index is 13.4. The number of aromatic carboxylic acids is 1.